The molecule has 7 nitrogen and oxygen atoms in total. The van der Waals surface area contributed by atoms with E-state index in [1.807, 2.05) is 17.7 Å². The van der Waals surface area contributed by atoms with Gasteiger partial charge in [-0.1, -0.05) is 6.07 Å². The molecule has 146 valence electrons. The first-order chi connectivity index (χ1) is 13.5. The molecule has 1 aromatic carbocycles. The van der Waals surface area contributed by atoms with Gasteiger partial charge in [-0.2, -0.15) is 0 Å². The Balaban J connectivity index is 1.91. The van der Waals surface area contributed by atoms with Crippen LogP contribution in [0, 0.1) is 0 Å². The third kappa shape index (κ3) is 4.14. The second-order valence-electron chi connectivity index (χ2n) is 6.12. The van der Waals surface area contributed by atoms with Gasteiger partial charge in [0.1, 0.15) is 11.6 Å². The Morgan fingerprint density at radius 3 is 2.75 bits per heavy atom. The van der Waals surface area contributed by atoms with Crippen LogP contribution in [0.4, 0.5) is 5.82 Å². The van der Waals surface area contributed by atoms with Crippen molar-refractivity contribution < 1.29 is 14.3 Å². The number of aromatic nitrogens is 3. The van der Waals surface area contributed by atoms with E-state index in [2.05, 4.69) is 9.97 Å². The minimum Gasteiger partial charge on any atom is -0.466 e. The van der Waals surface area contributed by atoms with Crippen LogP contribution >= 0.6 is 11.6 Å². The third-order valence-corrected chi connectivity index (χ3v) is 4.59. The summed E-state index contributed by atoms with van der Waals surface area (Å²) in [6.45, 7) is 2.22. The van der Waals surface area contributed by atoms with Gasteiger partial charge in [-0.05, 0) is 37.3 Å². The Labute approximate surface area is 167 Å². The van der Waals surface area contributed by atoms with Crippen LogP contribution in [0.25, 0.3) is 11.0 Å². The average molecular weight is 401 g/mol. The number of fused-ring (bicyclic) bond motifs is 1. The number of carbonyl (C=O) groups excluding carboxylic acids is 2. The number of hydrogen-bond donors (Lipinski definition) is 0. The minimum atomic E-state index is -0.358. The van der Waals surface area contributed by atoms with Gasteiger partial charge in [0, 0.05) is 25.4 Å². The molecule has 0 aliphatic rings. The number of esters is 1. The molecule has 3 rings (SSSR count). The number of halogens is 1. The second kappa shape index (κ2) is 8.84. The lowest BCUT2D eigenvalue weighted by Crippen LogP contribution is -2.34. The van der Waals surface area contributed by atoms with Gasteiger partial charge < -0.3 is 9.30 Å². The Morgan fingerprint density at radius 2 is 2.07 bits per heavy atom. The van der Waals surface area contributed by atoms with E-state index in [1.165, 1.54) is 4.90 Å². The van der Waals surface area contributed by atoms with Crippen molar-refractivity contribution in [2.75, 3.05) is 18.1 Å². The van der Waals surface area contributed by atoms with Gasteiger partial charge in [0.05, 0.1) is 29.9 Å². The number of imidazole rings is 1. The maximum Gasteiger partial charge on any atom is 0.307 e. The molecule has 28 heavy (non-hydrogen) atoms. The molecular formula is C20H21ClN4O3. The highest BCUT2D eigenvalue weighted by Crippen LogP contribution is 2.21. The molecule has 8 heteroatoms. The van der Waals surface area contributed by atoms with E-state index < -0.39 is 0 Å². The average Bonchev–Trinajstić information content (AvgIpc) is 3.04. The van der Waals surface area contributed by atoms with Crippen LogP contribution in [0.5, 0.6) is 0 Å². The number of rotatable bonds is 7. The van der Waals surface area contributed by atoms with Gasteiger partial charge in [-0.15, -0.1) is 11.6 Å². The van der Waals surface area contributed by atoms with Crippen molar-refractivity contribution in [3.8, 4) is 0 Å². The summed E-state index contributed by atoms with van der Waals surface area (Å²) in [5.41, 5.74) is 2.04. The number of amides is 1. The second-order valence-corrected chi connectivity index (χ2v) is 6.39. The Bertz CT molecular complexity index is 988. The van der Waals surface area contributed by atoms with E-state index in [4.69, 9.17) is 16.3 Å². The van der Waals surface area contributed by atoms with Crippen LogP contribution < -0.4 is 4.90 Å². The first-order valence-electron chi connectivity index (χ1n) is 8.95. The number of pyridine rings is 1. The molecule has 0 spiro atoms. The topological polar surface area (TPSA) is 77.3 Å². The summed E-state index contributed by atoms with van der Waals surface area (Å²) in [6, 6.07) is 10.6. The first kappa shape index (κ1) is 19.8. The Kier molecular flexibility index (Phi) is 6.26. The highest BCUT2D eigenvalue weighted by Gasteiger charge is 2.21. The molecule has 0 N–H and O–H groups in total. The lowest BCUT2D eigenvalue weighted by Gasteiger charge is -2.21. The zero-order valence-corrected chi connectivity index (χ0v) is 16.5. The van der Waals surface area contributed by atoms with E-state index >= 15 is 0 Å². The molecule has 3 aromatic rings. The van der Waals surface area contributed by atoms with Crippen molar-refractivity contribution in [2.45, 2.75) is 19.2 Å². The molecule has 0 radical (unpaired) electrons. The van der Waals surface area contributed by atoms with Gasteiger partial charge in [-0.25, -0.2) is 9.97 Å². The number of benzene rings is 1. The van der Waals surface area contributed by atoms with E-state index in [0.717, 1.165) is 11.3 Å². The molecule has 0 atom stereocenters. The molecule has 0 saturated carbocycles. The fourth-order valence-electron chi connectivity index (χ4n) is 2.93. The number of nitrogens with zero attached hydrogens (tertiary/aromatic N) is 4. The zero-order valence-electron chi connectivity index (χ0n) is 15.8. The van der Waals surface area contributed by atoms with Crippen LogP contribution in [0.15, 0.2) is 42.6 Å². The highest BCUT2D eigenvalue weighted by atomic mass is 35.5. The molecule has 2 aromatic heterocycles. The molecule has 2 heterocycles. The van der Waals surface area contributed by atoms with Crippen molar-refractivity contribution >= 4 is 40.3 Å². The minimum absolute atomic E-state index is 0.0817. The van der Waals surface area contributed by atoms with Crippen LogP contribution in [-0.2, 0) is 22.5 Å². The normalized spacial score (nSPS) is 10.8. The number of alkyl halides is 1. The molecule has 0 bridgehead atoms. The first-order valence-corrected chi connectivity index (χ1v) is 9.48. The van der Waals surface area contributed by atoms with Crippen molar-refractivity contribution in [1.29, 1.82) is 0 Å². The van der Waals surface area contributed by atoms with E-state index in [1.54, 1.807) is 43.5 Å². The van der Waals surface area contributed by atoms with Crippen LogP contribution in [0.1, 0.15) is 29.5 Å². The van der Waals surface area contributed by atoms with Crippen LogP contribution in [-0.4, -0.2) is 39.6 Å². The number of hydrogen-bond acceptors (Lipinski definition) is 5. The summed E-state index contributed by atoms with van der Waals surface area (Å²) in [4.78, 5) is 35.2. The maximum absolute atomic E-state index is 13.2. The lowest BCUT2D eigenvalue weighted by molar-refractivity contribution is -0.142. The highest BCUT2D eigenvalue weighted by molar-refractivity contribution is 6.17. The SMILES string of the molecule is CCOC(=O)CCN(C(=O)c1ccc2c(c1)nc(CCl)n2C)c1ccccn1. The lowest BCUT2D eigenvalue weighted by atomic mass is 10.1. The van der Waals surface area contributed by atoms with Gasteiger partial charge in [0.15, 0.2) is 0 Å². The fourth-order valence-corrected chi connectivity index (χ4v) is 3.17. The fraction of sp³-hybridized carbons (Fsp3) is 0.300. The van der Waals surface area contributed by atoms with Crippen LogP contribution in [0.2, 0.25) is 0 Å². The summed E-state index contributed by atoms with van der Waals surface area (Å²) in [5, 5.41) is 0. The van der Waals surface area contributed by atoms with Crippen molar-refractivity contribution in [1.82, 2.24) is 14.5 Å². The maximum atomic E-state index is 13.2. The molecule has 1 amide bonds. The van der Waals surface area contributed by atoms with Gasteiger partial charge >= 0.3 is 5.97 Å². The van der Waals surface area contributed by atoms with Gasteiger partial charge in [-0.3, -0.25) is 14.5 Å². The number of carbonyl (C=O) groups is 2. The predicted molar refractivity (Wildman–Crippen MR) is 107 cm³/mol. The van der Waals surface area contributed by atoms with E-state index in [9.17, 15) is 9.59 Å². The number of aryl methyl sites for hydroxylation is 1. The summed E-state index contributed by atoms with van der Waals surface area (Å²) in [6.07, 6.45) is 1.69. The number of ether oxygens (including phenoxy) is 1. The monoisotopic (exact) mass is 400 g/mol. The Hall–Kier alpha value is -2.93. The zero-order chi connectivity index (χ0) is 20.1. The molecular weight excluding hydrogens is 380 g/mol. The summed E-state index contributed by atoms with van der Waals surface area (Å²) < 4.78 is 6.87. The number of anilines is 1. The largest absolute Gasteiger partial charge is 0.466 e. The van der Waals surface area contributed by atoms with Crippen molar-refractivity contribution in [3.05, 3.63) is 54.0 Å². The quantitative estimate of drug-likeness (QED) is 0.449. The standard InChI is InChI=1S/C20H21ClN4O3/c1-3-28-19(26)9-11-25(17-6-4-5-10-22-17)20(27)14-7-8-16-15(12-14)23-18(13-21)24(16)2/h4-8,10,12H,3,9,11,13H2,1-2H3. The molecule has 0 unspecified atom stereocenters. The van der Waals surface area contributed by atoms with Crippen molar-refractivity contribution in [2.24, 2.45) is 7.05 Å². The molecule has 0 aliphatic carbocycles. The summed E-state index contributed by atoms with van der Waals surface area (Å²) >= 11 is 5.92. The molecule has 0 aliphatic heterocycles. The van der Waals surface area contributed by atoms with Gasteiger partial charge in [0.2, 0.25) is 0 Å². The summed E-state index contributed by atoms with van der Waals surface area (Å²) in [5.74, 6) is 0.865. The Morgan fingerprint density at radius 1 is 1.25 bits per heavy atom. The summed E-state index contributed by atoms with van der Waals surface area (Å²) in [7, 11) is 1.88. The van der Waals surface area contributed by atoms with Gasteiger partial charge in [0.25, 0.3) is 5.91 Å². The third-order valence-electron chi connectivity index (χ3n) is 4.36. The molecule has 0 fully saturated rings. The molecule has 0 saturated heterocycles. The van der Waals surface area contributed by atoms with E-state index in [-0.39, 0.29) is 30.7 Å². The van der Waals surface area contributed by atoms with Crippen molar-refractivity contribution in [3.63, 3.8) is 0 Å². The smallest absolute Gasteiger partial charge is 0.307 e. The van der Waals surface area contributed by atoms with Crippen LogP contribution in [0.3, 0.4) is 0 Å². The predicted octanol–water partition coefficient (Wildman–Crippen LogP) is 3.31. The van der Waals surface area contributed by atoms with E-state index in [0.29, 0.717) is 23.5 Å².